The zero-order valence-corrected chi connectivity index (χ0v) is 5.59. The summed E-state index contributed by atoms with van der Waals surface area (Å²) < 4.78 is 0. The van der Waals surface area contributed by atoms with Crippen LogP contribution in [-0.2, 0) is 4.79 Å². The highest BCUT2D eigenvalue weighted by atomic mass is 16.4. The van der Waals surface area contributed by atoms with Crippen LogP contribution in [0.2, 0.25) is 0 Å². The van der Waals surface area contributed by atoms with E-state index in [1.807, 2.05) is 6.92 Å². The van der Waals surface area contributed by atoms with E-state index in [2.05, 4.69) is 0 Å². The van der Waals surface area contributed by atoms with E-state index in [-0.39, 0.29) is 0 Å². The van der Waals surface area contributed by atoms with Crippen LogP contribution in [-0.4, -0.2) is 11.1 Å². The SMILES string of the molecule is C/C=C/C=C(/C)C(=O)O. The molecule has 0 aliphatic carbocycles. The van der Waals surface area contributed by atoms with Crippen LogP contribution in [0.4, 0.5) is 0 Å². The van der Waals surface area contributed by atoms with E-state index in [1.54, 1.807) is 25.2 Å². The lowest BCUT2D eigenvalue weighted by molar-refractivity contribution is -0.132. The summed E-state index contributed by atoms with van der Waals surface area (Å²) >= 11 is 0. The fraction of sp³-hybridized carbons (Fsp3) is 0.286. The second kappa shape index (κ2) is 3.89. The Kier molecular flexibility index (Phi) is 3.44. The van der Waals surface area contributed by atoms with Gasteiger partial charge in [-0.2, -0.15) is 0 Å². The molecule has 0 rings (SSSR count). The molecule has 2 nitrogen and oxygen atoms in total. The molecule has 0 heterocycles. The van der Waals surface area contributed by atoms with Crippen molar-refractivity contribution in [3.63, 3.8) is 0 Å². The number of carboxylic acids is 1. The van der Waals surface area contributed by atoms with Crippen LogP contribution in [0, 0.1) is 0 Å². The third-order valence-corrected chi connectivity index (χ3v) is 0.876. The van der Waals surface area contributed by atoms with Crippen molar-refractivity contribution < 1.29 is 9.90 Å². The van der Waals surface area contributed by atoms with Gasteiger partial charge in [-0.15, -0.1) is 0 Å². The van der Waals surface area contributed by atoms with Gasteiger partial charge in [-0.1, -0.05) is 18.2 Å². The monoisotopic (exact) mass is 126 g/mol. The fourth-order valence-electron chi connectivity index (χ4n) is 0.312. The summed E-state index contributed by atoms with van der Waals surface area (Å²) in [5.74, 6) is -0.867. The summed E-state index contributed by atoms with van der Waals surface area (Å²) in [7, 11) is 0. The van der Waals surface area contributed by atoms with Crippen LogP contribution in [0.25, 0.3) is 0 Å². The second-order valence-corrected chi connectivity index (χ2v) is 1.68. The molecule has 50 valence electrons. The Morgan fingerprint density at radius 1 is 1.56 bits per heavy atom. The Labute approximate surface area is 54.5 Å². The van der Waals surface area contributed by atoms with Gasteiger partial charge in [0.2, 0.25) is 0 Å². The highest BCUT2D eigenvalue weighted by molar-refractivity contribution is 5.86. The third kappa shape index (κ3) is 3.53. The standard InChI is InChI=1S/C7H10O2/c1-3-4-5-6(2)7(8)9/h3-5H,1-2H3,(H,8,9)/b4-3+,6-5-. The molecule has 0 bridgehead atoms. The average molecular weight is 126 g/mol. The molecule has 0 radical (unpaired) electrons. The molecule has 0 spiro atoms. The molecule has 0 saturated carbocycles. The first-order valence-electron chi connectivity index (χ1n) is 2.71. The van der Waals surface area contributed by atoms with Gasteiger partial charge in [0.1, 0.15) is 0 Å². The molecular formula is C7H10O2. The lowest BCUT2D eigenvalue weighted by Gasteiger charge is -1.85. The molecule has 2 heteroatoms. The summed E-state index contributed by atoms with van der Waals surface area (Å²) in [4.78, 5) is 10.1. The Hall–Kier alpha value is -1.05. The molecule has 0 aromatic rings. The Morgan fingerprint density at radius 3 is 2.44 bits per heavy atom. The van der Waals surface area contributed by atoms with Crippen molar-refractivity contribution in [2.45, 2.75) is 13.8 Å². The van der Waals surface area contributed by atoms with Crippen LogP contribution in [0.15, 0.2) is 23.8 Å². The summed E-state index contributed by atoms with van der Waals surface area (Å²) in [6.45, 7) is 3.40. The van der Waals surface area contributed by atoms with Gasteiger partial charge in [-0.25, -0.2) is 4.79 Å². The van der Waals surface area contributed by atoms with Gasteiger partial charge in [0.25, 0.3) is 0 Å². The number of hydrogen-bond donors (Lipinski definition) is 1. The third-order valence-electron chi connectivity index (χ3n) is 0.876. The van der Waals surface area contributed by atoms with Crippen molar-refractivity contribution in [2.24, 2.45) is 0 Å². The van der Waals surface area contributed by atoms with Crippen molar-refractivity contribution >= 4 is 5.97 Å². The number of allylic oxidation sites excluding steroid dienone is 3. The zero-order valence-electron chi connectivity index (χ0n) is 5.59. The van der Waals surface area contributed by atoms with Crippen molar-refractivity contribution in [1.82, 2.24) is 0 Å². The topological polar surface area (TPSA) is 37.3 Å². The predicted molar refractivity (Wildman–Crippen MR) is 36.2 cm³/mol. The maximum absolute atomic E-state index is 10.1. The van der Waals surface area contributed by atoms with Gasteiger partial charge in [-0.3, -0.25) is 0 Å². The normalized spacial score (nSPS) is 12.4. The predicted octanol–water partition coefficient (Wildman–Crippen LogP) is 1.59. The Bertz CT molecular complexity index is 154. The first-order chi connectivity index (χ1) is 4.18. The minimum atomic E-state index is -0.867. The van der Waals surface area contributed by atoms with Gasteiger partial charge in [0.05, 0.1) is 0 Å². The van der Waals surface area contributed by atoms with Gasteiger partial charge < -0.3 is 5.11 Å². The highest BCUT2D eigenvalue weighted by Gasteiger charge is 1.94. The van der Waals surface area contributed by atoms with Crippen LogP contribution >= 0.6 is 0 Å². The molecule has 0 atom stereocenters. The summed E-state index contributed by atoms with van der Waals surface area (Å²) in [5, 5.41) is 8.31. The molecule has 0 unspecified atom stereocenters. The van der Waals surface area contributed by atoms with E-state index >= 15 is 0 Å². The van der Waals surface area contributed by atoms with Gasteiger partial charge in [0.15, 0.2) is 0 Å². The first kappa shape index (κ1) is 7.95. The van der Waals surface area contributed by atoms with Crippen LogP contribution in [0.3, 0.4) is 0 Å². The number of carbonyl (C=O) groups is 1. The minimum absolute atomic E-state index is 0.355. The van der Waals surface area contributed by atoms with Gasteiger partial charge in [-0.05, 0) is 13.8 Å². The fourth-order valence-corrected chi connectivity index (χ4v) is 0.312. The van der Waals surface area contributed by atoms with Gasteiger partial charge >= 0.3 is 5.97 Å². The quantitative estimate of drug-likeness (QED) is 0.450. The van der Waals surface area contributed by atoms with Crippen LogP contribution in [0.5, 0.6) is 0 Å². The Balaban J connectivity index is 4.00. The lowest BCUT2D eigenvalue weighted by atomic mass is 10.3. The maximum Gasteiger partial charge on any atom is 0.331 e. The molecular weight excluding hydrogens is 116 g/mol. The molecule has 0 amide bonds. The molecule has 0 aliphatic heterocycles. The molecule has 9 heavy (non-hydrogen) atoms. The molecule has 0 fully saturated rings. The number of aliphatic carboxylic acids is 1. The minimum Gasteiger partial charge on any atom is -0.478 e. The molecule has 0 aromatic heterocycles. The molecule has 0 aliphatic rings. The van der Waals surface area contributed by atoms with Crippen molar-refractivity contribution in [1.29, 1.82) is 0 Å². The van der Waals surface area contributed by atoms with Crippen LogP contribution < -0.4 is 0 Å². The summed E-state index contributed by atoms with van der Waals surface area (Å²) in [6.07, 6.45) is 5.04. The van der Waals surface area contributed by atoms with Gasteiger partial charge in [0, 0.05) is 5.57 Å². The van der Waals surface area contributed by atoms with E-state index < -0.39 is 5.97 Å². The van der Waals surface area contributed by atoms with E-state index in [1.165, 1.54) is 0 Å². The summed E-state index contributed by atoms with van der Waals surface area (Å²) in [6, 6.07) is 0. The number of carboxylic acid groups (broad SMARTS) is 1. The maximum atomic E-state index is 10.1. The smallest absolute Gasteiger partial charge is 0.331 e. The average Bonchev–Trinajstić information content (AvgIpc) is 1.82. The van der Waals surface area contributed by atoms with E-state index in [4.69, 9.17) is 5.11 Å². The zero-order chi connectivity index (χ0) is 7.28. The van der Waals surface area contributed by atoms with E-state index in [9.17, 15) is 4.79 Å². The van der Waals surface area contributed by atoms with Crippen LogP contribution in [0.1, 0.15) is 13.8 Å². The van der Waals surface area contributed by atoms with E-state index in [0.717, 1.165) is 0 Å². The van der Waals surface area contributed by atoms with Crippen molar-refractivity contribution in [3.8, 4) is 0 Å². The Morgan fingerprint density at radius 2 is 2.11 bits per heavy atom. The molecule has 1 N–H and O–H groups in total. The first-order valence-corrected chi connectivity index (χ1v) is 2.71. The highest BCUT2D eigenvalue weighted by Crippen LogP contribution is 1.91. The summed E-state index contributed by atoms with van der Waals surface area (Å²) in [5.41, 5.74) is 0.355. The molecule has 0 aromatic carbocycles. The lowest BCUT2D eigenvalue weighted by Crippen LogP contribution is -1.94. The molecule has 0 saturated heterocycles. The van der Waals surface area contributed by atoms with Crippen molar-refractivity contribution in [3.05, 3.63) is 23.8 Å². The second-order valence-electron chi connectivity index (χ2n) is 1.68. The number of hydrogen-bond acceptors (Lipinski definition) is 1. The van der Waals surface area contributed by atoms with E-state index in [0.29, 0.717) is 5.57 Å². The largest absolute Gasteiger partial charge is 0.478 e. The number of rotatable bonds is 2. The van der Waals surface area contributed by atoms with Crippen molar-refractivity contribution in [2.75, 3.05) is 0 Å².